The van der Waals surface area contributed by atoms with Gasteiger partial charge >= 0.3 is 29.6 Å². The largest absolute Gasteiger partial charge is 1.00 e. The van der Waals surface area contributed by atoms with Gasteiger partial charge in [0.2, 0.25) is 0 Å². The van der Waals surface area contributed by atoms with Gasteiger partial charge in [-0.3, -0.25) is 4.39 Å². The molecule has 4 nitrogen and oxygen atoms in total. The van der Waals surface area contributed by atoms with Crippen LogP contribution in [0.3, 0.4) is 0 Å². The van der Waals surface area contributed by atoms with Gasteiger partial charge in [-0.2, -0.15) is 0 Å². The van der Waals surface area contributed by atoms with Gasteiger partial charge in [0.15, 0.2) is 0 Å². The summed E-state index contributed by atoms with van der Waals surface area (Å²) in [7, 11) is -4.41. The quantitative estimate of drug-likeness (QED) is 0.298. The van der Waals surface area contributed by atoms with Crippen LogP contribution >= 0.6 is 0 Å². The number of ether oxygens (including phenoxy) is 1. The summed E-state index contributed by atoms with van der Waals surface area (Å²) in [5.41, 5.74) is 0. The van der Waals surface area contributed by atoms with Crippen molar-refractivity contribution >= 4 is 10.1 Å². The second-order valence-corrected chi connectivity index (χ2v) is 4.98. The van der Waals surface area contributed by atoms with Crippen LogP contribution in [0.1, 0.15) is 19.3 Å². The van der Waals surface area contributed by atoms with E-state index in [2.05, 4.69) is 0 Å². The van der Waals surface area contributed by atoms with Crippen molar-refractivity contribution < 1.29 is 51.7 Å². The molecule has 0 saturated carbocycles. The van der Waals surface area contributed by atoms with Gasteiger partial charge in [-0.1, -0.05) is 0 Å². The summed E-state index contributed by atoms with van der Waals surface area (Å²) < 4.78 is 48.9. The first-order valence-corrected chi connectivity index (χ1v) is 6.88. The molecule has 0 unspecified atom stereocenters. The third kappa shape index (κ3) is 7.69. The predicted octanol–water partition coefficient (Wildman–Crippen LogP) is -0.373. The molecule has 0 aliphatic heterocycles. The topological polar surface area (TPSA) is 66.4 Å². The van der Waals surface area contributed by atoms with E-state index in [0.717, 1.165) is 12.8 Å². The number of alkyl halides is 1. The summed E-state index contributed by atoms with van der Waals surface area (Å²) >= 11 is 0. The molecule has 0 spiro atoms. The van der Waals surface area contributed by atoms with Crippen LogP contribution < -0.4 is 34.3 Å². The van der Waals surface area contributed by atoms with Crippen LogP contribution in [0.25, 0.3) is 0 Å². The van der Waals surface area contributed by atoms with Crippen molar-refractivity contribution in [1.82, 2.24) is 0 Å². The number of benzene rings is 1. The molecule has 0 fully saturated rings. The average Bonchev–Trinajstić information content (AvgIpc) is 2.33. The molecule has 0 aliphatic carbocycles. The molecule has 0 radical (unpaired) electrons. The Morgan fingerprint density at radius 3 is 2.37 bits per heavy atom. The van der Waals surface area contributed by atoms with Crippen LogP contribution in [0.5, 0.6) is 5.75 Å². The van der Waals surface area contributed by atoms with E-state index in [1.165, 1.54) is 30.5 Å². The van der Waals surface area contributed by atoms with E-state index in [0.29, 0.717) is 12.2 Å². The first-order valence-electron chi connectivity index (χ1n) is 5.47. The molecule has 0 aliphatic rings. The maximum Gasteiger partial charge on any atom is 1.00 e. The first kappa shape index (κ1) is 18.6. The van der Waals surface area contributed by atoms with Crippen molar-refractivity contribution in [2.45, 2.75) is 24.2 Å². The predicted molar refractivity (Wildman–Crippen MR) is 64.0 cm³/mol. The first-order chi connectivity index (χ1) is 8.54. The number of halogens is 1. The molecule has 1 aromatic carbocycles. The molecule has 0 aromatic heterocycles. The fourth-order valence-electron chi connectivity index (χ4n) is 1.24. The Morgan fingerprint density at radius 2 is 1.84 bits per heavy atom. The summed E-state index contributed by atoms with van der Waals surface area (Å²) in [4.78, 5) is -0.290. The maximum absolute atomic E-state index is 11.8. The molecule has 1 aromatic rings. The summed E-state index contributed by atoms with van der Waals surface area (Å²) in [6, 6.07) is 5.18. The summed E-state index contributed by atoms with van der Waals surface area (Å²) in [5.74, 6) is 0.434. The van der Waals surface area contributed by atoms with E-state index in [1.54, 1.807) is 6.08 Å². The van der Waals surface area contributed by atoms with Crippen molar-refractivity contribution in [3.8, 4) is 5.75 Å². The minimum absolute atomic E-state index is 0. The minimum atomic E-state index is -4.41. The minimum Gasteiger partial charge on any atom is -0.744 e. The Hall–Kier alpha value is -0.400. The van der Waals surface area contributed by atoms with Crippen LogP contribution in [-0.4, -0.2) is 19.6 Å². The monoisotopic (exact) mass is 296 g/mol. The van der Waals surface area contributed by atoms with Crippen molar-refractivity contribution in [3.05, 3.63) is 36.6 Å². The molecular formula is C12H14FNaO4S. The zero-order valence-corrected chi connectivity index (χ0v) is 13.5. The summed E-state index contributed by atoms with van der Waals surface area (Å²) in [6.45, 7) is -0.320. The second kappa shape index (κ2) is 9.50. The molecule has 0 atom stereocenters. The number of hydrogen-bond donors (Lipinski definition) is 0. The molecule has 100 valence electrons. The second-order valence-electron chi connectivity index (χ2n) is 3.60. The van der Waals surface area contributed by atoms with Gasteiger partial charge in [-0.05, 0) is 49.6 Å². The number of allylic oxidation sites excluding steroid dienone is 1. The molecule has 0 amide bonds. The summed E-state index contributed by atoms with van der Waals surface area (Å²) in [5, 5.41) is 0. The molecule has 0 saturated heterocycles. The van der Waals surface area contributed by atoms with Gasteiger partial charge in [0, 0.05) is 0 Å². The van der Waals surface area contributed by atoms with Gasteiger partial charge in [0.25, 0.3) is 0 Å². The SMILES string of the molecule is O=S(=O)([O-])c1ccc(OC=CCCCCF)cc1.[Na+]. The van der Waals surface area contributed by atoms with Crippen molar-refractivity contribution in [3.63, 3.8) is 0 Å². The van der Waals surface area contributed by atoms with Gasteiger partial charge in [0.05, 0.1) is 17.8 Å². The fourth-order valence-corrected chi connectivity index (χ4v) is 1.71. The molecule has 19 heavy (non-hydrogen) atoms. The Labute approximate surface area is 134 Å². The van der Waals surface area contributed by atoms with Gasteiger partial charge in [-0.25, -0.2) is 8.42 Å². The molecule has 1 rings (SSSR count). The Bertz CT molecular complexity index is 485. The normalized spacial score (nSPS) is 11.3. The van der Waals surface area contributed by atoms with E-state index in [4.69, 9.17) is 4.74 Å². The number of unbranched alkanes of at least 4 members (excludes halogenated alkanes) is 2. The van der Waals surface area contributed by atoms with E-state index in [-0.39, 0.29) is 41.1 Å². The van der Waals surface area contributed by atoms with Crippen LogP contribution in [0, 0.1) is 0 Å². The van der Waals surface area contributed by atoms with Gasteiger partial charge < -0.3 is 9.29 Å². The third-order valence-corrected chi connectivity index (χ3v) is 3.02. The van der Waals surface area contributed by atoms with Crippen LogP contribution in [0.4, 0.5) is 4.39 Å². The van der Waals surface area contributed by atoms with Crippen molar-refractivity contribution in [2.75, 3.05) is 6.67 Å². The van der Waals surface area contributed by atoms with Crippen LogP contribution in [0.2, 0.25) is 0 Å². The van der Waals surface area contributed by atoms with Gasteiger partial charge in [0.1, 0.15) is 15.9 Å². The van der Waals surface area contributed by atoms with E-state index >= 15 is 0 Å². The number of hydrogen-bond acceptors (Lipinski definition) is 4. The van der Waals surface area contributed by atoms with E-state index < -0.39 is 10.1 Å². The molecular weight excluding hydrogens is 282 g/mol. The maximum atomic E-state index is 11.8. The zero-order chi connectivity index (χ0) is 13.4. The zero-order valence-electron chi connectivity index (χ0n) is 10.7. The Kier molecular flexibility index (Phi) is 9.30. The van der Waals surface area contributed by atoms with Crippen molar-refractivity contribution in [2.24, 2.45) is 0 Å². The Morgan fingerprint density at radius 1 is 1.21 bits per heavy atom. The fraction of sp³-hybridized carbons (Fsp3) is 0.333. The van der Waals surface area contributed by atoms with Crippen LogP contribution in [0.15, 0.2) is 41.5 Å². The average molecular weight is 296 g/mol. The number of rotatable bonds is 7. The molecule has 0 bridgehead atoms. The molecule has 0 heterocycles. The Balaban J connectivity index is 0.00000324. The smallest absolute Gasteiger partial charge is 0.744 e. The van der Waals surface area contributed by atoms with E-state index in [9.17, 15) is 17.4 Å². The van der Waals surface area contributed by atoms with E-state index in [1.807, 2.05) is 0 Å². The molecule has 7 heteroatoms. The third-order valence-electron chi connectivity index (χ3n) is 2.17. The molecule has 0 N–H and O–H groups in total. The van der Waals surface area contributed by atoms with Crippen LogP contribution in [-0.2, 0) is 10.1 Å². The van der Waals surface area contributed by atoms with Gasteiger partial charge in [-0.15, -0.1) is 0 Å². The standard InChI is InChI=1S/C12H15FO4S.Na/c13-9-3-1-2-4-10-17-11-5-7-12(8-6-11)18(14,15)16;/h4-8,10H,1-3,9H2,(H,14,15,16);/q;+1/p-1. The van der Waals surface area contributed by atoms with Crippen molar-refractivity contribution in [1.29, 1.82) is 0 Å². The summed E-state index contributed by atoms with van der Waals surface area (Å²) in [6.07, 6.45) is 5.22.